The van der Waals surface area contributed by atoms with Crippen LogP contribution in [0.25, 0.3) is 0 Å². The van der Waals surface area contributed by atoms with Gasteiger partial charge >= 0.3 is 0 Å². The third-order valence-corrected chi connectivity index (χ3v) is 2.70. The largest absolute Gasteiger partial charge is 0.365 e. The SMILES string of the molecule is CC(C)(CNCCCCN)c1ccc[nH]1. The van der Waals surface area contributed by atoms with Gasteiger partial charge in [0.2, 0.25) is 0 Å². The van der Waals surface area contributed by atoms with Crippen molar-refractivity contribution in [3.05, 3.63) is 24.0 Å². The lowest BCUT2D eigenvalue weighted by molar-refractivity contribution is 0.455. The Kier molecular flexibility index (Phi) is 4.85. The minimum absolute atomic E-state index is 0.173. The van der Waals surface area contributed by atoms with Crippen molar-refractivity contribution in [2.45, 2.75) is 32.1 Å². The van der Waals surface area contributed by atoms with E-state index in [-0.39, 0.29) is 5.41 Å². The molecule has 0 aliphatic carbocycles. The van der Waals surface area contributed by atoms with Crippen molar-refractivity contribution in [2.75, 3.05) is 19.6 Å². The van der Waals surface area contributed by atoms with Gasteiger partial charge in [-0.3, -0.25) is 0 Å². The Morgan fingerprint density at radius 2 is 2.20 bits per heavy atom. The molecule has 0 atom stereocenters. The lowest BCUT2D eigenvalue weighted by Crippen LogP contribution is -2.33. The van der Waals surface area contributed by atoms with E-state index >= 15 is 0 Å². The van der Waals surface area contributed by atoms with Gasteiger partial charge in [-0.25, -0.2) is 0 Å². The van der Waals surface area contributed by atoms with E-state index in [0.717, 1.165) is 32.5 Å². The van der Waals surface area contributed by atoms with Crippen LogP contribution >= 0.6 is 0 Å². The topological polar surface area (TPSA) is 53.8 Å². The number of nitrogens with one attached hydrogen (secondary N) is 2. The number of rotatable bonds is 7. The maximum Gasteiger partial charge on any atom is 0.0217 e. The number of hydrogen-bond acceptors (Lipinski definition) is 2. The minimum atomic E-state index is 0.173. The van der Waals surface area contributed by atoms with Gasteiger partial charge in [-0.2, -0.15) is 0 Å². The van der Waals surface area contributed by atoms with E-state index in [1.165, 1.54) is 5.69 Å². The number of aromatic amines is 1. The summed E-state index contributed by atoms with van der Waals surface area (Å²) in [5.74, 6) is 0. The maximum atomic E-state index is 5.44. The average molecular weight is 209 g/mol. The van der Waals surface area contributed by atoms with Crippen LogP contribution in [-0.4, -0.2) is 24.6 Å². The Morgan fingerprint density at radius 1 is 1.40 bits per heavy atom. The number of aromatic nitrogens is 1. The second-order valence-corrected chi connectivity index (χ2v) is 4.64. The molecule has 1 heterocycles. The molecular formula is C12H23N3. The maximum absolute atomic E-state index is 5.44. The van der Waals surface area contributed by atoms with Gasteiger partial charge in [0.1, 0.15) is 0 Å². The van der Waals surface area contributed by atoms with Crippen molar-refractivity contribution < 1.29 is 0 Å². The number of unbranched alkanes of at least 4 members (excludes halogenated alkanes) is 1. The van der Waals surface area contributed by atoms with Crippen molar-refractivity contribution in [3.63, 3.8) is 0 Å². The first kappa shape index (κ1) is 12.3. The van der Waals surface area contributed by atoms with Crippen LogP contribution in [0.1, 0.15) is 32.4 Å². The first-order valence-corrected chi connectivity index (χ1v) is 5.71. The molecule has 0 unspecified atom stereocenters. The summed E-state index contributed by atoms with van der Waals surface area (Å²) in [4.78, 5) is 3.27. The highest BCUT2D eigenvalue weighted by Gasteiger charge is 2.20. The molecule has 4 N–H and O–H groups in total. The number of hydrogen-bond donors (Lipinski definition) is 3. The van der Waals surface area contributed by atoms with E-state index < -0.39 is 0 Å². The van der Waals surface area contributed by atoms with Gasteiger partial charge in [-0.05, 0) is 38.1 Å². The highest BCUT2D eigenvalue weighted by Crippen LogP contribution is 2.19. The first-order valence-electron chi connectivity index (χ1n) is 5.71. The molecule has 3 heteroatoms. The van der Waals surface area contributed by atoms with Gasteiger partial charge in [-0.1, -0.05) is 13.8 Å². The highest BCUT2D eigenvalue weighted by atomic mass is 14.9. The number of H-pyrrole nitrogens is 1. The molecule has 0 bridgehead atoms. The zero-order valence-electron chi connectivity index (χ0n) is 9.84. The summed E-state index contributed by atoms with van der Waals surface area (Å²) in [5.41, 5.74) is 6.90. The Morgan fingerprint density at radius 3 is 2.80 bits per heavy atom. The van der Waals surface area contributed by atoms with E-state index in [0.29, 0.717) is 0 Å². The zero-order valence-corrected chi connectivity index (χ0v) is 9.84. The fraction of sp³-hybridized carbons (Fsp3) is 0.667. The summed E-state index contributed by atoms with van der Waals surface area (Å²) in [5, 5.41) is 3.47. The molecule has 86 valence electrons. The Labute approximate surface area is 92.4 Å². The van der Waals surface area contributed by atoms with Crippen molar-refractivity contribution in [1.29, 1.82) is 0 Å². The molecule has 0 aliphatic rings. The Bertz CT molecular complexity index is 252. The molecule has 0 fully saturated rings. The molecule has 15 heavy (non-hydrogen) atoms. The fourth-order valence-electron chi connectivity index (χ4n) is 1.64. The van der Waals surface area contributed by atoms with Crippen molar-refractivity contribution >= 4 is 0 Å². The van der Waals surface area contributed by atoms with E-state index in [9.17, 15) is 0 Å². The third kappa shape index (κ3) is 4.06. The van der Waals surface area contributed by atoms with E-state index in [1.807, 2.05) is 12.3 Å². The van der Waals surface area contributed by atoms with Crippen LogP contribution in [0.15, 0.2) is 18.3 Å². The van der Waals surface area contributed by atoms with Crippen molar-refractivity contribution in [2.24, 2.45) is 5.73 Å². The molecular weight excluding hydrogens is 186 g/mol. The van der Waals surface area contributed by atoms with Crippen LogP contribution in [0, 0.1) is 0 Å². The molecule has 0 aliphatic heterocycles. The van der Waals surface area contributed by atoms with E-state index in [4.69, 9.17) is 5.73 Å². The summed E-state index contributed by atoms with van der Waals surface area (Å²) in [6.07, 6.45) is 4.25. The van der Waals surface area contributed by atoms with Crippen LogP contribution in [0.5, 0.6) is 0 Å². The van der Waals surface area contributed by atoms with Crippen LogP contribution in [0.3, 0.4) is 0 Å². The van der Waals surface area contributed by atoms with Crippen LogP contribution < -0.4 is 11.1 Å². The van der Waals surface area contributed by atoms with Crippen molar-refractivity contribution in [1.82, 2.24) is 10.3 Å². The van der Waals surface area contributed by atoms with Crippen LogP contribution in [0.4, 0.5) is 0 Å². The van der Waals surface area contributed by atoms with Crippen LogP contribution in [-0.2, 0) is 5.41 Å². The molecule has 0 spiro atoms. The molecule has 0 saturated heterocycles. The lowest BCUT2D eigenvalue weighted by atomic mass is 9.89. The minimum Gasteiger partial charge on any atom is -0.365 e. The summed E-state index contributed by atoms with van der Waals surface area (Å²) in [6, 6.07) is 4.19. The molecule has 0 saturated carbocycles. The molecule has 1 rings (SSSR count). The van der Waals surface area contributed by atoms with Gasteiger partial charge in [0.05, 0.1) is 0 Å². The van der Waals surface area contributed by atoms with Gasteiger partial charge in [-0.15, -0.1) is 0 Å². The Balaban J connectivity index is 2.25. The standard InChI is InChI=1S/C12H23N3/c1-12(2,11-6-5-9-15-11)10-14-8-4-3-7-13/h5-6,9,14-15H,3-4,7-8,10,13H2,1-2H3. The molecule has 0 amide bonds. The molecule has 0 aromatic carbocycles. The number of nitrogens with two attached hydrogens (primary N) is 1. The predicted molar refractivity (Wildman–Crippen MR) is 65.0 cm³/mol. The second kappa shape index (κ2) is 5.93. The quantitative estimate of drug-likeness (QED) is 0.598. The Hall–Kier alpha value is -0.800. The van der Waals surface area contributed by atoms with Gasteiger partial charge in [0, 0.05) is 23.9 Å². The second-order valence-electron chi connectivity index (χ2n) is 4.64. The van der Waals surface area contributed by atoms with Gasteiger partial charge in [0.25, 0.3) is 0 Å². The first-order chi connectivity index (χ1) is 7.17. The highest BCUT2D eigenvalue weighted by molar-refractivity contribution is 5.15. The molecule has 1 aromatic rings. The smallest absolute Gasteiger partial charge is 0.0217 e. The normalized spacial score (nSPS) is 11.9. The van der Waals surface area contributed by atoms with E-state index in [2.05, 4.69) is 30.2 Å². The zero-order chi connectivity index (χ0) is 11.1. The molecule has 3 nitrogen and oxygen atoms in total. The van der Waals surface area contributed by atoms with Gasteiger partial charge in [0.15, 0.2) is 0 Å². The summed E-state index contributed by atoms with van der Waals surface area (Å²) >= 11 is 0. The van der Waals surface area contributed by atoms with Gasteiger partial charge < -0.3 is 16.0 Å². The monoisotopic (exact) mass is 209 g/mol. The average Bonchev–Trinajstić information content (AvgIpc) is 2.70. The predicted octanol–water partition coefficient (Wildman–Crippen LogP) is 1.62. The lowest BCUT2D eigenvalue weighted by Gasteiger charge is -2.24. The fourth-order valence-corrected chi connectivity index (χ4v) is 1.64. The molecule has 0 radical (unpaired) electrons. The summed E-state index contributed by atoms with van der Waals surface area (Å²) in [7, 11) is 0. The van der Waals surface area contributed by atoms with E-state index in [1.54, 1.807) is 0 Å². The summed E-state index contributed by atoms with van der Waals surface area (Å²) < 4.78 is 0. The molecule has 1 aromatic heterocycles. The third-order valence-electron chi connectivity index (χ3n) is 2.70. The van der Waals surface area contributed by atoms with Crippen LogP contribution in [0.2, 0.25) is 0 Å². The summed E-state index contributed by atoms with van der Waals surface area (Å²) in [6.45, 7) is 7.34. The van der Waals surface area contributed by atoms with Crippen molar-refractivity contribution in [3.8, 4) is 0 Å².